The number of halogens is 1. The summed E-state index contributed by atoms with van der Waals surface area (Å²) in [5.74, 6) is 0.704. The van der Waals surface area contributed by atoms with Gasteiger partial charge in [0.1, 0.15) is 6.07 Å². The van der Waals surface area contributed by atoms with E-state index in [2.05, 4.69) is 47.6 Å². The molecule has 3 aromatic rings. The number of nitrogens with one attached hydrogen (secondary N) is 2. The first-order valence-electron chi connectivity index (χ1n) is 11.6. The number of rotatable bonds is 6. The average molecular weight is 493 g/mol. The van der Waals surface area contributed by atoms with E-state index in [9.17, 15) is 15.6 Å². The molecule has 1 aromatic carbocycles. The normalized spacial score (nSPS) is 20.2. The molecule has 0 amide bonds. The Hall–Kier alpha value is -3.64. The van der Waals surface area contributed by atoms with Crippen LogP contribution < -0.4 is 15.5 Å². The molecule has 0 atom stereocenters. The second kappa shape index (κ2) is 9.55. The third kappa shape index (κ3) is 4.42. The van der Waals surface area contributed by atoms with Crippen molar-refractivity contribution >= 4 is 40.4 Å². The van der Waals surface area contributed by atoms with Crippen molar-refractivity contribution in [3.63, 3.8) is 0 Å². The van der Waals surface area contributed by atoms with Crippen molar-refractivity contribution in [1.82, 2.24) is 24.5 Å². The van der Waals surface area contributed by atoms with Gasteiger partial charge in [0.15, 0.2) is 17.2 Å². The quantitative estimate of drug-likeness (QED) is 0.469. The largest absolute Gasteiger partial charge is 0.393 e. The first-order valence-corrected chi connectivity index (χ1v) is 12.0. The van der Waals surface area contributed by atoms with E-state index >= 15 is 0 Å². The molecule has 1 aliphatic heterocycles. The molecule has 2 aliphatic rings. The Morgan fingerprint density at radius 1 is 1.17 bits per heavy atom. The maximum Gasteiger partial charge on any atom is 0.247 e. The third-order valence-electron chi connectivity index (χ3n) is 6.51. The van der Waals surface area contributed by atoms with Crippen LogP contribution in [0.2, 0.25) is 5.02 Å². The first kappa shape index (κ1) is 23.1. The van der Waals surface area contributed by atoms with Crippen LogP contribution in [0.4, 0.5) is 23.1 Å². The molecule has 12 heteroatoms. The van der Waals surface area contributed by atoms with Gasteiger partial charge in [0.05, 0.1) is 40.3 Å². The Bertz CT molecular complexity index is 1330. The summed E-state index contributed by atoms with van der Waals surface area (Å²) in [4.78, 5) is 13.3. The van der Waals surface area contributed by atoms with Gasteiger partial charge in [0.2, 0.25) is 5.95 Å². The van der Waals surface area contributed by atoms with Gasteiger partial charge in [-0.3, -0.25) is 4.90 Å². The van der Waals surface area contributed by atoms with Crippen molar-refractivity contribution in [2.24, 2.45) is 0 Å². The standard InChI is InChI=1S/C23H25ClN10O/c1-2-27-21-22-28-13-16(12-26)34(22)31-23(30-21)29-18-7-14(11-25)8-19(20(18)24)33-5-3-32(4-6-33)15-9-17(35)10-15/h7-8,13,15,17,35H,2-6,9-10H2,1H3,(H2,27,29,30,31)/t15-,17+. The fraction of sp³-hybridized carbons (Fsp3) is 0.435. The van der Waals surface area contributed by atoms with Crippen LogP contribution in [0.3, 0.4) is 0 Å². The van der Waals surface area contributed by atoms with Gasteiger partial charge >= 0.3 is 0 Å². The van der Waals surface area contributed by atoms with Gasteiger partial charge in [-0.15, -0.1) is 5.10 Å². The number of anilines is 4. The Balaban J connectivity index is 1.43. The van der Waals surface area contributed by atoms with E-state index < -0.39 is 0 Å². The zero-order valence-electron chi connectivity index (χ0n) is 19.2. The van der Waals surface area contributed by atoms with Gasteiger partial charge in [-0.2, -0.15) is 20.0 Å². The number of aliphatic hydroxyl groups is 1. The van der Waals surface area contributed by atoms with E-state index in [-0.39, 0.29) is 17.7 Å². The van der Waals surface area contributed by atoms with E-state index in [1.165, 1.54) is 10.7 Å². The summed E-state index contributed by atoms with van der Waals surface area (Å²) in [6, 6.07) is 8.20. The van der Waals surface area contributed by atoms with E-state index in [4.69, 9.17) is 11.6 Å². The summed E-state index contributed by atoms with van der Waals surface area (Å²) in [5.41, 5.74) is 2.47. The Labute approximate surface area is 207 Å². The molecule has 2 aromatic heterocycles. The van der Waals surface area contributed by atoms with E-state index in [0.29, 0.717) is 40.3 Å². The van der Waals surface area contributed by atoms with Crippen LogP contribution in [-0.2, 0) is 0 Å². The van der Waals surface area contributed by atoms with E-state index in [1.807, 2.05) is 6.92 Å². The minimum absolute atomic E-state index is 0.172. The fourth-order valence-corrected chi connectivity index (χ4v) is 4.87. The van der Waals surface area contributed by atoms with Crippen molar-refractivity contribution in [3.05, 3.63) is 34.6 Å². The second-order valence-electron chi connectivity index (χ2n) is 8.70. The lowest BCUT2D eigenvalue weighted by Gasteiger charge is -2.45. The number of piperazine rings is 1. The fourth-order valence-electron chi connectivity index (χ4n) is 4.60. The number of hydrogen-bond donors (Lipinski definition) is 3. The monoisotopic (exact) mass is 492 g/mol. The predicted molar refractivity (Wildman–Crippen MR) is 132 cm³/mol. The first-order chi connectivity index (χ1) is 17.0. The molecule has 180 valence electrons. The molecule has 0 bridgehead atoms. The number of hydrogen-bond acceptors (Lipinski definition) is 10. The maximum atomic E-state index is 9.66. The summed E-state index contributed by atoms with van der Waals surface area (Å²) in [5, 5.41) is 39.9. The topological polar surface area (TPSA) is 141 Å². The molecule has 0 spiro atoms. The minimum atomic E-state index is -0.172. The van der Waals surface area contributed by atoms with Gasteiger partial charge in [0, 0.05) is 38.8 Å². The van der Waals surface area contributed by atoms with E-state index in [0.717, 1.165) is 44.7 Å². The van der Waals surface area contributed by atoms with Crippen molar-refractivity contribution in [1.29, 1.82) is 10.5 Å². The highest BCUT2D eigenvalue weighted by atomic mass is 35.5. The summed E-state index contributed by atoms with van der Waals surface area (Å²) >= 11 is 6.83. The lowest BCUT2D eigenvalue weighted by Crippen LogP contribution is -2.55. The Morgan fingerprint density at radius 3 is 2.60 bits per heavy atom. The van der Waals surface area contributed by atoms with Crippen LogP contribution in [0.5, 0.6) is 0 Å². The summed E-state index contributed by atoms with van der Waals surface area (Å²) in [6.45, 7) is 5.84. The molecule has 1 aliphatic carbocycles. The molecule has 11 nitrogen and oxygen atoms in total. The van der Waals surface area contributed by atoms with Crippen LogP contribution in [0.1, 0.15) is 31.0 Å². The number of aromatic nitrogens is 4. The van der Waals surface area contributed by atoms with Crippen LogP contribution in [0, 0.1) is 22.7 Å². The Morgan fingerprint density at radius 2 is 1.94 bits per heavy atom. The van der Waals surface area contributed by atoms with Gasteiger partial charge < -0.3 is 20.6 Å². The average Bonchev–Trinajstić information content (AvgIpc) is 3.27. The predicted octanol–water partition coefficient (Wildman–Crippen LogP) is 2.34. The SMILES string of the molecule is CCNc1nc(Nc2cc(C#N)cc(N3CCN([C@H]4C[C@@H](O)C4)CC3)c2Cl)nn2c(C#N)cnc12. The minimum Gasteiger partial charge on any atom is -0.393 e. The number of aliphatic hydroxyl groups excluding tert-OH is 1. The lowest BCUT2D eigenvalue weighted by atomic mass is 9.87. The second-order valence-corrected chi connectivity index (χ2v) is 9.08. The molecule has 2 fully saturated rings. The molecule has 5 rings (SSSR count). The molecule has 3 heterocycles. The number of benzene rings is 1. The number of nitriles is 2. The number of fused-ring (bicyclic) bond motifs is 1. The van der Waals surface area contributed by atoms with Crippen molar-refractivity contribution < 1.29 is 5.11 Å². The summed E-state index contributed by atoms with van der Waals surface area (Å²) in [6.07, 6.45) is 2.94. The van der Waals surface area contributed by atoms with Gasteiger partial charge in [-0.25, -0.2) is 4.98 Å². The number of nitrogens with zero attached hydrogens (tertiary/aromatic N) is 8. The molecular formula is C23H25ClN10O. The van der Waals surface area contributed by atoms with E-state index in [1.54, 1.807) is 12.1 Å². The number of imidazole rings is 1. The highest BCUT2D eigenvalue weighted by Crippen LogP contribution is 2.37. The van der Waals surface area contributed by atoms with Gasteiger partial charge in [-0.1, -0.05) is 11.6 Å². The van der Waals surface area contributed by atoms with Crippen molar-refractivity contribution in [2.75, 3.05) is 48.3 Å². The molecule has 0 radical (unpaired) electrons. The van der Waals surface area contributed by atoms with Gasteiger partial charge in [-0.05, 0) is 31.9 Å². The smallest absolute Gasteiger partial charge is 0.247 e. The summed E-state index contributed by atoms with van der Waals surface area (Å²) in [7, 11) is 0. The molecule has 3 N–H and O–H groups in total. The third-order valence-corrected chi connectivity index (χ3v) is 6.91. The zero-order valence-corrected chi connectivity index (χ0v) is 20.0. The highest BCUT2D eigenvalue weighted by Gasteiger charge is 2.34. The summed E-state index contributed by atoms with van der Waals surface area (Å²) < 4.78 is 1.42. The van der Waals surface area contributed by atoms with Crippen molar-refractivity contribution in [2.45, 2.75) is 31.9 Å². The van der Waals surface area contributed by atoms with Crippen LogP contribution >= 0.6 is 11.6 Å². The van der Waals surface area contributed by atoms with Crippen LogP contribution in [0.15, 0.2) is 18.3 Å². The molecule has 35 heavy (non-hydrogen) atoms. The highest BCUT2D eigenvalue weighted by molar-refractivity contribution is 6.36. The van der Waals surface area contributed by atoms with Gasteiger partial charge in [0.25, 0.3) is 0 Å². The molecular weight excluding hydrogens is 468 g/mol. The molecule has 1 saturated carbocycles. The van der Waals surface area contributed by atoms with Crippen LogP contribution in [0.25, 0.3) is 5.65 Å². The Kier molecular flexibility index (Phi) is 6.31. The maximum absolute atomic E-state index is 9.66. The van der Waals surface area contributed by atoms with Crippen LogP contribution in [-0.4, -0.2) is 74.5 Å². The zero-order chi connectivity index (χ0) is 24.5. The molecule has 1 saturated heterocycles. The lowest BCUT2D eigenvalue weighted by molar-refractivity contribution is -0.000359. The molecule has 0 unspecified atom stereocenters. The van der Waals surface area contributed by atoms with Crippen molar-refractivity contribution in [3.8, 4) is 12.1 Å².